The number of carbonyl (C=O) groups excluding carboxylic acids is 2. The van der Waals surface area contributed by atoms with Crippen molar-refractivity contribution in [3.05, 3.63) is 23.9 Å². The number of nitrogens with zero attached hydrogens (tertiary/aromatic N) is 2. The van der Waals surface area contributed by atoms with E-state index in [0.29, 0.717) is 18.3 Å². The van der Waals surface area contributed by atoms with Gasteiger partial charge in [0.2, 0.25) is 11.8 Å². The molecule has 1 atom stereocenters. The van der Waals surface area contributed by atoms with Gasteiger partial charge in [0.05, 0.1) is 6.54 Å². The molecule has 1 aliphatic rings. The maximum Gasteiger partial charge on any atom is 0.249 e. The summed E-state index contributed by atoms with van der Waals surface area (Å²) in [5.41, 5.74) is 0.993. The summed E-state index contributed by atoms with van der Waals surface area (Å²) in [5, 5.41) is 5.71. The van der Waals surface area contributed by atoms with E-state index >= 15 is 0 Å². The largest absolute Gasteiger partial charge is 0.335 e. The van der Waals surface area contributed by atoms with Gasteiger partial charge < -0.3 is 10.2 Å². The Hall–Kier alpha value is -1.95. The third kappa shape index (κ3) is 3.78. The van der Waals surface area contributed by atoms with E-state index in [2.05, 4.69) is 29.5 Å². The van der Waals surface area contributed by atoms with Crippen LogP contribution >= 0.6 is 0 Å². The fraction of sp³-hybridized carbons (Fsp3) is 0.533. The van der Waals surface area contributed by atoms with Gasteiger partial charge in [-0.1, -0.05) is 19.9 Å². The predicted molar refractivity (Wildman–Crippen MR) is 80.7 cm³/mol. The summed E-state index contributed by atoms with van der Waals surface area (Å²) in [6.45, 7) is 7.80. The van der Waals surface area contributed by atoms with Crippen molar-refractivity contribution in [1.29, 1.82) is 0 Å². The highest BCUT2D eigenvalue weighted by Gasteiger charge is 2.32. The number of pyridine rings is 1. The summed E-state index contributed by atoms with van der Waals surface area (Å²) in [6.07, 6.45) is 1.69. The Morgan fingerprint density at radius 3 is 2.95 bits per heavy atom. The Bertz CT molecular complexity index is 530. The second-order valence-corrected chi connectivity index (χ2v) is 5.73. The van der Waals surface area contributed by atoms with Crippen molar-refractivity contribution in [3.8, 4) is 0 Å². The van der Waals surface area contributed by atoms with E-state index in [4.69, 9.17) is 0 Å². The lowest BCUT2D eigenvalue weighted by Gasteiger charge is -2.33. The van der Waals surface area contributed by atoms with E-state index in [1.807, 2.05) is 12.1 Å². The topological polar surface area (TPSA) is 74.3 Å². The van der Waals surface area contributed by atoms with Gasteiger partial charge in [0.15, 0.2) is 0 Å². The molecular formula is C15H22N4O2. The summed E-state index contributed by atoms with van der Waals surface area (Å²) in [6, 6.07) is 3.44. The highest BCUT2D eigenvalue weighted by Crippen LogP contribution is 2.21. The Morgan fingerprint density at radius 1 is 1.48 bits per heavy atom. The molecule has 1 unspecified atom stereocenters. The van der Waals surface area contributed by atoms with Crippen LogP contribution in [0.2, 0.25) is 0 Å². The van der Waals surface area contributed by atoms with Crippen LogP contribution in [0.5, 0.6) is 0 Å². The monoisotopic (exact) mass is 290 g/mol. The molecule has 1 saturated heterocycles. The molecule has 2 N–H and O–H groups in total. The smallest absolute Gasteiger partial charge is 0.249 e. The molecule has 0 bridgehead atoms. The van der Waals surface area contributed by atoms with E-state index in [1.54, 1.807) is 18.0 Å². The Balaban J connectivity index is 2.18. The molecule has 0 aliphatic carbocycles. The lowest BCUT2D eigenvalue weighted by atomic mass is 10.1. The number of hydrogen-bond acceptors (Lipinski definition) is 5. The van der Waals surface area contributed by atoms with Crippen LogP contribution in [0.3, 0.4) is 0 Å². The highest BCUT2D eigenvalue weighted by molar-refractivity contribution is 6.04. The number of carbonyl (C=O) groups is 2. The normalized spacial score (nSPS) is 19.0. The van der Waals surface area contributed by atoms with Gasteiger partial charge in [-0.3, -0.25) is 14.9 Å². The molecule has 21 heavy (non-hydrogen) atoms. The SMILES string of the molecule is CC(C)CNCc1cccnc1N1CC(=O)NC(=O)C1C. The Kier molecular flexibility index (Phi) is 4.90. The minimum absolute atomic E-state index is 0.154. The number of nitrogens with one attached hydrogen (secondary N) is 2. The molecule has 6 heteroatoms. The maximum absolute atomic E-state index is 11.8. The number of imide groups is 1. The third-order valence-electron chi connectivity index (χ3n) is 3.43. The van der Waals surface area contributed by atoms with Crippen molar-refractivity contribution in [2.24, 2.45) is 5.92 Å². The molecule has 0 aromatic carbocycles. The average molecular weight is 290 g/mol. The molecule has 2 heterocycles. The molecule has 2 rings (SSSR count). The zero-order valence-electron chi connectivity index (χ0n) is 12.7. The van der Waals surface area contributed by atoms with Gasteiger partial charge in [-0.05, 0) is 25.5 Å². The predicted octanol–water partition coefficient (Wildman–Crippen LogP) is 0.678. The van der Waals surface area contributed by atoms with Crippen LogP contribution in [0.15, 0.2) is 18.3 Å². The van der Waals surface area contributed by atoms with Gasteiger partial charge in [-0.15, -0.1) is 0 Å². The van der Waals surface area contributed by atoms with Crippen molar-refractivity contribution >= 4 is 17.6 Å². The van der Waals surface area contributed by atoms with Crippen molar-refractivity contribution in [2.75, 3.05) is 18.0 Å². The molecule has 0 saturated carbocycles. The van der Waals surface area contributed by atoms with Crippen molar-refractivity contribution < 1.29 is 9.59 Å². The van der Waals surface area contributed by atoms with Crippen molar-refractivity contribution in [3.63, 3.8) is 0 Å². The quantitative estimate of drug-likeness (QED) is 0.780. The second-order valence-electron chi connectivity index (χ2n) is 5.73. The molecule has 1 aliphatic heterocycles. The molecule has 1 aromatic heterocycles. The lowest BCUT2D eigenvalue weighted by molar-refractivity contribution is -0.132. The second kappa shape index (κ2) is 6.67. The van der Waals surface area contributed by atoms with Gasteiger partial charge in [0.1, 0.15) is 11.9 Å². The van der Waals surface area contributed by atoms with Gasteiger partial charge in [-0.2, -0.15) is 0 Å². The molecule has 114 valence electrons. The summed E-state index contributed by atoms with van der Waals surface area (Å²) < 4.78 is 0. The molecule has 2 amide bonds. The number of piperazine rings is 1. The van der Waals surface area contributed by atoms with Crippen LogP contribution < -0.4 is 15.5 Å². The summed E-state index contributed by atoms with van der Waals surface area (Å²) >= 11 is 0. The van der Waals surface area contributed by atoms with Crippen molar-refractivity contribution in [1.82, 2.24) is 15.6 Å². The summed E-state index contributed by atoms with van der Waals surface area (Å²) in [5.74, 6) is 0.693. The van der Waals surface area contributed by atoms with E-state index in [-0.39, 0.29) is 18.4 Å². The number of amides is 2. The molecule has 1 fully saturated rings. The molecular weight excluding hydrogens is 268 g/mol. The number of anilines is 1. The first-order valence-electron chi connectivity index (χ1n) is 7.24. The average Bonchev–Trinajstić information content (AvgIpc) is 2.43. The maximum atomic E-state index is 11.8. The fourth-order valence-electron chi connectivity index (χ4n) is 2.30. The van der Waals surface area contributed by atoms with E-state index in [9.17, 15) is 9.59 Å². The summed E-state index contributed by atoms with van der Waals surface area (Å²) in [4.78, 5) is 29.5. The lowest BCUT2D eigenvalue weighted by Crippen LogP contribution is -2.57. The van der Waals surface area contributed by atoms with E-state index < -0.39 is 6.04 Å². The van der Waals surface area contributed by atoms with Gasteiger partial charge in [-0.25, -0.2) is 4.98 Å². The zero-order chi connectivity index (χ0) is 15.4. The van der Waals surface area contributed by atoms with E-state index in [1.165, 1.54) is 0 Å². The zero-order valence-corrected chi connectivity index (χ0v) is 12.7. The van der Waals surface area contributed by atoms with Crippen LogP contribution in [-0.2, 0) is 16.1 Å². The first-order valence-corrected chi connectivity index (χ1v) is 7.24. The first-order chi connectivity index (χ1) is 9.99. The van der Waals surface area contributed by atoms with E-state index in [0.717, 1.165) is 12.1 Å². The minimum atomic E-state index is -0.401. The molecule has 0 spiro atoms. The third-order valence-corrected chi connectivity index (χ3v) is 3.43. The molecule has 0 radical (unpaired) electrons. The van der Waals surface area contributed by atoms with Crippen LogP contribution in [0.4, 0.5) is 5.82 Å². The minimum Gasteiger partial charge on any atom is -0.335 e. The van der Waals surface area contributed by atoms with Crippen molar-refractivity contribution in [2.45, 2.75) is 33.4 Å². The highest BCUT2D eigenvalue weighted by atomic mass is 16.2. The van der Waals surface area contributed by atoms with Crippen LogP contribution in [-0.4, -0.2) is 35.9 Å². The number of rotatable bonds is 5. The molecule has 1 aromatic rings. The fourth-order valence-corrected chi connectivity index (χ4v) is 2.30. The Labute approximate surface area is 124 Å². The van der Waals surface area contributed by atoms with Crippen LogP contribution in [0.1, 0.15) is 26.3 Å². The van der Waals surface area contributed by atoms with Crippen LogP contribution in [0.25, 0.3) is 0 Å². The van der Waals surface area contributed by atoms with Crippen LogP contribution in [0, 0.1) is 5.92 Å². The number of hydrogen-bond donors (Lipinski definition) is 2. The standard InChI is InChI=1S/C15H22N4O2/c1-10(2)7-16-8-12-5-4-6-17-14(12)19-9-13(20)18-15(21)11(19)3/h4-6,10-11,16H,7-9H2,1-3H3,(H,18,20,21). The van der Waals surface area contributed by atoms with Gasteiger partial charge in [0.25, 0.3) is 0 Å². The first kappa shape index (κ1) is 15.4. The Morgan fingerprint density at radius 2 is 2.24 bits per heavy atom. The summed E-state index contributed by atoms with van der Waals surface area (Å²) in [7, 11) is 0. The van der Waals surface area contributed by atoms with Gasteiger partial charge >= 0.3 is 0 Å². The number of aromatic nitrogens is 1. The van der Waals surface area contributed by atoms with Gasteiger partial charge in [0, 0.05) is 18.3 Å². The molecule has 6 nitrogen and oxygen atoms in total.